The van der Waals surface area contributed by atoms with Crippen LogP contribution < -0.4 is 14.8 Å². The first kappa shape index (κ1) is 13.2. The lowest BCUT2D eigenvalue weighted by Crippen LogP contribution is -2.31. The molecule has 1 aromatic carbocycles. The van der Waals surface area contributed by atoms with Crippen LogP contribution in [0.3, 0.4) is 0 Å². The number of anilines is 1. The highest BCUT2D eigenvalue weighted by Crippen LogP contribution is 2.34. The van der Waals surface area contributed by atoms with Gasteiger partial charge in [0.1, 0.15) is 12.7 Å². The molecule has 1 aliphatic carbocycles. The Balaban J connectivity index is 1.31. The average Bonchev–Trinajstić information content (AvgIpc) is 3.22. The molecule has 1 N–H and O–H groups in total. The highest BCUT2D eigenvalue weighted by molar-refractivity contribution is 8.01. The van der Waals surface area contributed by atoms with Crippen molar-refractivity contribution in [3.63, 3.8) is 0 Å². The van der Waals surface area contributed by atoms with Gasteiger partial charge >= 0.3 is 0 Å². The number of nitrogens with one attached hydrogen (secondary N) is 1. The maximum Gasteiger partial charge on any atom is 0.206 e. The second-order valence-corrected chi connectivity index (χ2v) is 7.34. The fraction of sp³-hybridized carbons (Fsp3) is 0.429. The van der Waals surface area contributed by atoms with Gasteiger partial charge in [0.2, 0.25) is 5.13 Å². The Kier molecular flexibility index (Phi) is 3.60. The number of ether oxygens (including phenoxy) is 2. The Morgan fingerprint density at radius 1 is 1.24 bits per heavy atom. The van der Waals surface area contributed by atoms with E-state index in [2.05, 4.69) is 15.5 Å². The Morgan fingerprint density at radius 2 is 2.10 bits per heavy atom. The van der Waals surface area contributed by atoms with E-state index in [0.717, 1.165) is 26.7 Å². The third-order valence-electron chi connectivity index (χ3n) is 3.27. The fourth-order valence-electron chi connectivity index (χ4n) is 2.04. The third kappa shape index (κ3) is 3.24. The van der Waals surface area contributed by atoms with Crippen molar-refractivity contribution >= 4 is 28.2 Å². The first-order valence-corrected chi connectivity index (χ1v) is 8.78. The van der Waals surface area contributed by atoms with Gasteiger partial charge < -0.3 is 14.8 Å². The summed E-state index contributed by atoms with van der Waals surface area (Å²) in [6.07, 6.45) is 2.54. The van der Waals surface area contributed by atoms with Crippen LogP contribution in [0.5, 0.6) is 11.5 Å². The molecule has 0 amide bonds. The number of nitrogens with zero attached hydrogens (tertiary/aromatic N) is 2. The summed E-state index contributed by atoms with van der Waals surface area (Å²) in [5, 5.41) is 12.6. The second kappa shape index (κ2) is 5.73. The fourth-order valence-corrected chi connectivity index (χ4v) is 3.86. The number of thioether (sulfide) groups is 1. The van der Waals surface area contributed by atoms with Gasteiger partial charge in [-0.15, -0.1) is 10.2 Å². The quantitative estimate of drug-likeness (QED) is 0.854. The van der Waals surface area contributed by atoms with E-state index >= 15 is 0 Å². The van der Waals surface area contributed by atoms with Crippen molar-refractivity contribution in [3.8, 4) is 11.5 Å². The second-order valence-electron chi connectivity index (χ2n) is 5.10. The predicted octanol–water partition coefficient (Wildman–Crippen LogP) is 3.04. The lowest BCUT2D eigenvalue weighted by atomic mass is 10.3. The average molecular weight is 321 g/mol. The van der Waals surface area contributed by atoms with Gasteiger partial charge in [0.15, 0.2) is 15.8 Å². The van der Waals surface area contributed by atoms with Crippen LogP contribution in [-0.2, 0) is 0 Å². The molecule has 2 aromatic rings. The van der Waals surface area contributed by atoms with Gasteiger partial charge in [-0.25, -0.2) is 0 Å². The van der Waals surface area contributed by atoms with Crippen molar-refractivity contribution in [2.75, 3.05) is 17.7 Å². The number of rotatable bonds is 5. The van der Waals surface area contributed by atoms with Gasteiger partial charge in [0.25, 0.3) is 0 Å². The molecular formula is C14H15N3O2S2. The third-order valence-corrected chi connectivity index (χ3v) is 5.39. The Hall–Kier alpha value is -1.47. The molecule has 1 aliphatic heterocycles. The van der Waals surface area contributed by atoms with Crippen molar-refractivity contribution in [2.45, 2.75) is 29.3 Å². The van der Waals surface area contributed by atoms with Crippen LogP contribution in [0.4, 0.5) is 5.13 Å². The minimum absolute atomic E-state index is 0.0497. The van der Waals surface area contributed by atoms with E-state index in [1.807, 2.05) is 24.3 Å². The summed E-state index contributed by atoms with van der Waals surface area (Å²) in [4.78, 5) is 0. The number of hydrogen-bond donors (Lipinski definition) is 1. The Labute approximate surface area is 131 Å². The molecule has 5 nitrogen and oxygen atoms in total. The van der Waals surface area contributed by atoms with Crippen molar-refractivity contribution in [1.29, 1.82) is 0 Å². The van der Waals surface area contributed by atoms with Crippen LogP contribution in [0.15, 0.2) is 28.6 Å². The molecule has 4 rings (SSSR count). The van der Waals surface area contributed by atoms with Crippen LogP contribution in [0.1, 0.15) is 12.8 Å². The molecule has 0 unspecified atom stereocenters. The Morgan fingerprint density at radius 3 is 2.95 bits per heavy atom. The highest BCUT2D eigenvalue weighted by Gasteiger charge is 2.23. The summed E-state index contributed by atoms with van der Waals surface area (Å²) in [5.74, 6) is 2.46. The van der Waals surface area contributed by atoms with Gasteiger partial charge in [-0.1, -0.05) is 35.2 Å². The van der Waals surface area contributed by atoms with Gasteiger partial charge in [-0.2, -0.15) is 0 Å². The summed E-state index contributed by atoms with van der Waals surface area (Å²) >= 11 is 3.28. The van der Waals surface area contributed by atoms with Crippen LogP contribution >= 0.6 is 23.1 Å². The van der Waals surface area contributed by atoms with Gasteiger partial charge in [-0.3, -0.25) is 0 Å². The molecule has 1 fully saturated rings. The van der Waals surface area contributed by atoms with Crippen LogP contribution in [0.25, 0.3) is 0 Å². The monoisotopic (exact) mass is 321 g/mol. The zero-order chi connectivity index (χ0) is 14.1. The van der Waals surface area contributed by atoms with Crippen LogP contribution in [0, 0.1) is 0 Å². The summed E-state index contributed by atoms with van der Waals surface area (Å²) in [6.45, 7) is 0.579. The minimum atomic E-state index is 0.0497. The van der Waals surface area contributed by atoms with Gasteiger partial charge in [-0.05, 0) is 25.0 Å². The van der Waals surface area contributed by atoms with E-state index in [0.29, 0.717) is 12.6 Å². The summed E-state index contributed by atoms with van der Waals surface area (Å²) < 4.78 is 12.6. The number of para-hydroxylation sites is 2. The number of aromatic nitrogens is 2. The van der Waals surface area contributed by atoms with Crippen molar-refractivity contribution < 1.29 is 9.47 Å². The SMILES string of the molecule is c1ccc2c(c1)OC[C@@H](CSc1nnc(NC3CC3)s1)O2. The standard InChI is InChI=1S/C14H15N3O2S2/c1-2-4-12-11(3-1)18-7-10(19-12)8-20-14-17-16-13(21-14)15-9-5-6-9/h1-4,9-10H,5-8H2,(H,15,16)/t10-/m0/s1. The maximum atomic E-state index is 5.93. The largest absolute Gasteiger partial charge is 0.486 e. The minimum Gasteiger partial charge on any atom is -0.486 e. The van der Waals surface area contributed by atoms with E-state index in [1.165, 1.54) is 12.8 Å². The zero-order valence-corrected chi connectivity index (χ0v) is 13.0. The highest BCUT2D eigenvalue weighted by atomic mass is 32.2. The molecule has 0 radical (unpaired) electrons. The number of hydrogen-bond acceptors (Lipinski definition) is 7. The van der Waals surface area contributed by atoms with Crippen molar-refractivity contribution in [1.82, 2.24) is 10.2 Å². The summed E-state index contributed by atoms with van der Waals surface area (Å²) in [7, 11) is 0. The maximum absolute atomic E-state index is 5.93. The number of benzene rings is 1. The normalized spacial score (nSPS) is 20.3. The summed E-state index contributed by atoms with van der Waals surface area (Å²) in [5.41, 5.74) is 0. The molecule has 2 heterocycles. The predicted molar refractivity (Wildman–Crippen MR) is 83.6 cm³/mol. The molecule has 1 atom stereocenters. The van der Waals surface area contributed by atoms with Crippen LogP contribution in [0.2, 0.25) is 0 Å². The van der Waals surface area contributed by atoms with Crippen LogP contribution in [-0.4, -0.2) is 34.7 Å². The zero-order valence-electron chi connectivity index (χ0n) is 11.3. The van der Waals surface area contributed by atoms with Crippen molar-refractivity contribution in [3.05, 3.63) is 24.3 Å². The van der Waals surface area contributed by atoms with E-state index in [1.54, 1.807) is 23.1 Å². The molecule has 0 spiro atoms. The molecule has 1 aromatic heterocycles. The molecule has 0 bridgehead atoms. The lowest BCUT2D eigenvalue weighted by Gasteiger charge is -2.25. The lowest BCUT2D eigenvalue weighted by molar-refractivity contribution is 0.107. The molecule has 110 valence electrons. The molecular weight excluding hydrogens is 306 g/mol. The molecule has 21 heavy (non-hydrogen) atoms. The molecule has 0 saturated heterocycles. The first-order chi connectivity index (χ1) is 10.4. The van der Waals surface area contributed by atoms with E-state index in [-0.39, 0.29) is 6.10 Å². The number of fused-ring (bicyclic) bond motifs is 1. The molecule has 1 saturated carbocycles. The topological polar surface area (TPSA) is 56.3 Å². The van der Waals surface area contributed by atoms with E-state index in [4.69, 9.17) is 9.47 Å². The Bertz CT molecular complexity index is 630. The summed E-state index contributed by atoms with van der Waals surface area (Å²) in [6, 6.07) is 8.39. The molecule has 2 aliphatic rings. The smallest absolute Gasteiger partial charge is 0.206 e. The van der Waals surface area contributed by atoms with Gasteiger partial charge in [0.05, 0.1) is 0 Å². The first-order valence-electron chi connectivity index (χ1n) is 6.98. The molecule has 7 heteroatoms. The van der Waals surface area contributed by atoms with Crippen molar-refractivity contribution in [2.24, 2.45) is 0 Å². The van der Waals surface area contributed by atoms with E-state index < -0.39 is 0 Å². The van der Waals surface area contributed by atoms with Gasteiger partial charge in [0, 0.05) is 11.8 Å². The van der Waals surface area contributed by atoms with E-state index in [9.17, 15) is 0 Å².